The van der Waals surface area contributed by atoms with Gasteiger partial charge in [-0.2, -0.15) is 0 Å². The smallest absolute Gasteiger partial charge is 0.253 e. The van der Waals surface area contributed by atoms with Crippen molar-refractivity contribution in [3.8, 4) is 0 Å². The molecule has 0 fully saturated rings. The van der Waals surface area contributed by atoms with Gasteiger partial charge in [-0.1, -0.05) is 58.0 Å². The fraction of sp³-hybridized carbons (Fsp3) is 0.222. The molecule has 0 N–H and O–H groups in total. The first-order chi connectivity index (χ1) is 6.32. The van der Waals surface area contributed by atoms with Crippen LogP contribution in [0.3, 0.4) is 0 Å². The molecule has 1 aromatic rings. The van der Waals surface area contributed by atoms with Crippen molar-refractivity contribution in [2.75, 3.05) is 0 Å². The van der Waals surface area contributed by atoms with Crippen molar-refractivity contribution in [2.45, 2.75) is 10.7 Å². The molecule has 0 amide bonds. The van der Waals surface area contributed by atoms with Crippen LogP contribution in [0.25, 0.3) is 0 Å². The molecule has 1 nitrogen and oxygen atoms in total. The van der Waals surface area contributed by atoms with Gasteiger partial charge in [-0.25, -0.2) is 0 Å². The van der Waals surface area contributed by atoms with Crippen LogP contribution in [-0.2, 0) is 0 Å². The lowest BCUT2D eigenvalue weighted by molar-refractivity contribution is 0.0996. The number of benzene rings is 1. The molecule has 0 aliphatic carbocycles. The standard InChI is InChI=1S/C9H6Cl4O/c1-5-2-3-7(10)6(4-5)8(14)9(11,12)13/h2-4H,1H3. The molecule has 0 saturated heterocycles. The Morgan fingerprint density at radius 2 is 1.86 bits per heavy atom. The van der Waals surface area contributed by atoms with Crippen molar-refractivity contribution in [3.63, 3.8) is 0 Å². The molecule has 0 saturated carbocycles. The highest BCUT2D eigenvalue weighted by molar-refractivity contribution is 6.77. The van der Waals surface area contributed by atoms with E-state index >= 15 is 0 Å². The molecule has 0 radical (unpaired) electrons. The Balaban J connectivity index is 3.19. The van der Waals surface area contributed by atoms with E-state index in [4.69, 9.17) is 46.4 Å². The molecule has 14 heavy (non-hydrogen) atoms. The van der Waals surface area contributed by atoms with Crippen LogP contribution in [0.2, 0.25) is 5.02 Å². The average Bonchev–Trinajstić information content (AvgIpc) is 2.06. The lowest BCUT2D eigenvalue weighted by atomic mass is 10.1. The lowest BCUT2D eigenvalue weighted by Crippen LogP contribution is -2.19. The van der Waals surface area contributed by atoms with Gasteiger partial charge in [-0.15, -0.1) is 0 Å². The third-order valence-electron chi connectivity index (χ3n) is 1.62. The minimum atomic E-state index is -1.96. The van der Waals surface area contributed by atoms with Crippen LogP contribution in [0.15, 0.2) is 18.2 Å². The van der Waals surface area contributed by atoms with Gasteiger partial charge in [-0.3, -0.25) is 4.79 Å². The van der Waals surface area contributed by atoms with Gasteiger partial charge in [0.15, 0.2) is 0 Å². The Kier molecular flexibility index (Phi) is 3.70. The van der Waals surface area contributed by atoms with Gasteiger partial charge in [0.25, 0.3) is 3.79 Å². The van der Waals surface area contributed by atoms with E-state index in [1.165, 1.54) is 0 Å². The van der Waals surface area contributed by atoms with Gasteiger partial charge in [0.2, 0.25) is 5.78 Å². The molecular formula is C9H6Cl4O. The molecule has 0 atom stereocenters. The van der Waals surface area contributed by atoms with Crippen LogP contribution in [0.5, 0.6) is 0 Å². The Morgan fingerprint density at radius 1 is 1.29 bits per heavy atom. The molecule has 0 bridgehead atoms. The van der Waals surface area contributed by atoms with Crippen molar-refractivity contribution in [3.05, 3.63) is 34.3 Å². The monoisotopic (exact) mass is 270 g/mol. The molecule has 1 rings (SSSR count). The Bertz CT molecular complexity index is 368. The number of ketones is 1. The van der Waals surface area contributed by atoms with Gasteiger partial charge in [0.1, 0.15) is 0 Å². The van der Waals surface area contributed by atoms with E-state index in [2.05, 4.69) is 0 Å². The first kappa shape index (κ1) is 12.1. The minimum absolute atomic E-state index is 0.228. The van der Waals surface area contributed by atoms with Crippen LogP contribution in [0, 0.1) is 6.92 Å². The molecule has 0 heterocycles. The van der Waals surface area contributed by atoms with Crippen LogP contribution < -0.4 is 0 Å². The quantitative estimate of drug-likeness (QED) is 0.553. The minimum Gasteiger partial charge on any atom is -0.289 e. The van der Waals surface area contributed by atoms with Gasteiger partial charge < -0.3 is 0 Å². The molecule has 0 aliphatic rings. The SMILES string of the molecule is Cc1ccc(Cl)c(C(=O)C(Cl)(Cl)Cl)c1. The summed E-state index contributed by atoms with van der Waals surface area (Å²) in [5.41, 5.74) is 1.11. The van der Waals surface area contributed by atoms with Crippen molar-refractivity contribution in [2.24, 2.45) is 0 Å². The van der Waals surface area contributed by atoms with Crippen LogP contribution in [0.4, 0.5) is 0 Å². The number of halogens is 4. The van der Waals surface area contributed by atoms with E-state index in [-0.39, 0.29) is 10.6 Å². The van der Waals surface area contributed by atoms with E-state index < -0.39 is 9.58 Å². The fourth-order valence-corrected chi connectivity index (χ4v) is 1.47. The molecule has 0 unspecified atom stereocenters. The topological polar surface area (TPSA) is 17.1 Å². The Hall–Kier alpha value is 0.0500. The summed E-state index contributed by atoms with van der Waals surface area (Å²) in [5.74, 6) is -0.615. The van der Waals surface area contributed by atoms with E-state index in [1.54, 1.807) is 18.2 Å². The maximum Gasteiger partial charge on any atom is 0.253 e. The van der Waals surface area contributed by atoms with Crippen molar-refractivity contribution in [1.29, 1.82) is 0 Å². The number of Topliss-reactive ketones (excluding diaryl/α,β-unsaturated/α-hetero) is 1. The highest BCUT2D eigenvalue weighted by Gasteiger charge is 2.32. The fourth-order valence-electron chi connectivity index (χ4n) is 0.966. The molecule has 5 heteroatoms. The molecule has 0 spiro atoms. The summed E-state index contributed by atoms with van der Waals surface area (Å²) in [6, 6.07) is 4.96. The van der Waals surface area contributed by atoms with Crippen molar-refractivity contribution >= 4 is 52.2 Å². The summed E-state index contributed by atoms with van der Waals surface area (Å²) in [5, 5.41) is 0.284. The van der Waals surface area contributed by atoms with E-state index in [0.717, 1.165) is 5.56 Å². The number of hydrogen-bond donors (Lipinski definition) is 0. The van der Waals surface area contributed by atoms with Gasteiger partial charge >= 0.3 is 0 Å². The largest absolute Gasteiger partial charge is 0.289 e. The number of carbonyl (C=O) groups is 1. The first-order valence-corrected chi connectivity index (χ1v) is 5.21. The maximum atomic E-state index is 11.6. The van der Waals surface area contributed by atoms with Gasteiger partial charge in [0, 0.05) is 5.56 Å². The Labute approximate surface area is 102 Å². The Morgan fingerprint density at radius 3 is 2.36 bits per heavy atom. The maximum absolute atomic E-state index is 11.6. The summed E-state index contributed by atoms with van der Waals surface area (Å²) in [7, 11) is 0. The second kappa shape index (κ2) is 4.28. The molecular weight excluding hydrogens is 266 g/mol. The highest BCUT2D eigenvalue weighted by atomic mass is 35.6. The summed E-state index contributed by atoms with van der Waals surface area (Å²) in [4.78, 5) is 11.6. The summed E-state index contributed by atoms with van der Waals surface area (Å²) < 4.78 is -1.96. The highest BCUT2D eigenvalue weighted by Crippen LogP contribution is 2.33. The van der Waals surface area contributed by atoms with E-state index in [1.807, 2.05) is 6.92 Å². The number of alkyl halides is 3. The van der Waals surface area contributed by atoms with Crippen molar-refractivity contribution < 1.29 is 4.79 Å². The van der Waals surface area contributed by atoms with E-state index in [9.17, 15) is 4.79 Å². The number of rotatable bonds is 1. The molecule has 0 aromatic heterocycles. The van der Waals surface area contributed by atoms with Gasteiger partial charge in [-0.05, 0) is 19.1 Å². The molecule has 1 aromatic carbocycles. The van der Waals surface area contributed by atoms with Crippen LogP contribution >= 0.6 is 46.4 Å². The number of aryl methyl sites for hydroxylation is 1. The zero-order valence-electron chi connectivity index (χ0n) is 7.15. The molecule has 76 valence electrons. The van der Waals surface area contributed by atoms with Crippen LogP contribution in [0.1, 0.15) is 15.9 Å². The average molecular weight is 272 g/mol. The third-order valence-corrected chi connectivity index (χ3v) is 2.47. The molecule has 0 aliphatic heterocycles. The predicted molar refractivity (Wildman–Crippen MR) is 60.8 cm³/mol. The lowest BCUT2D eigenvalue weighted by Gasteiger charge is -2.11. The van der Waals surface area contributed by atoms with Gasteiger partial charge in [0.05, 0.1) is 5.02 Å². The first-order valence-electron chi connectivity index (χ1n) is 3.70. The van der Waals surface area contributed by atoms with Crippen LogP contribution in [-0.4, -0.2) is 9.58 Å². The number of carbonyl (C=O) groups excluding carboxylic acids is 1. The normalized spacial score (nSPS) is 11.5. The zero-order valence-corrected chi connectivity index (χ0v) is 10.2. The van der Waals surface area contributed by atoms with E-state index in [0.29, 0.717) is 0 Å². The third kappa shape index (κ3) is 2.77. The van der Waals surface area contributed by atoms with Crippen molar-refractivity contribution in [1.82, 2.24) is 0 Å². The summed E-state index contributed by atoms with van der Waals surface area (Å²) in [6.07, 6.45) is 0. The number of hydrogen-bond acceptors (Lipinski definition) is 1. The second-order valence-electron chi connectivity index (χ2n) is 2.81. The second-order valence-corrected chi connectivity index (χ2v) is 5.50. The summed E-state index contributed by atoms with van der Waals surface area (Å²) >= 11 is 22.2. The predicted octanol–water partition coefficient (Wildman–Crippen LogP) is 4.20. The summed E-state index contributed by atoms with van der Waals surface area (Å²) in [6.45, 7) is 1.82. The zero-order chi connectivity index (χ0) is 10.9.